The van der Waals surface area contributed by atoms with Crippen molar-refractivity contribution in [2.75, 3.05) is 26.9 Å². The quantitative estimate of drug-likeness (QED) is 0.761. The third-order valence-electron chi connectivity index (χ3n) is 2.54. The van der Waals surface area contributed by atoms with Gasteiger partial charge in [0.25, 0.3) is 0 Å². The number of methoxy groups -OCH3 is 1. The van der Waals surface area contributed by atoms with Crippen molar-refractivity contribution < 1.29 is 9.47 Å². The maximum atomic E-state index is 8.87. The molecule has 1 N–H and O–H groups in total. The van der Waals surface area contributed by atoms with E-state index in [1.54, 1.807) is 7.11 Å². The van der Waals surface area contributed by atoms with Gasteiger partial charge in [0.1, 0.15) is 18.4 Å². The van der Waals surface area contributed by atoms with Crippen LogP contribution >= 0.6 is 0 Å². The second kappa shape index (κ2) is 8.51. The highest BCUT2D eigenvalue weighted by atomic mass is 16.5. The van der Waals surface area contributed by atoms with Crippen LogP contribution < -0.4 is 10.1 Å². The number of nitrogens with one attached hydrogen (secondary N) is 1. The maximum absolute atomic E-state index is 8.87. The van der Waals surface area contributed by atoms with Gasteiger partial charge in [-0.15, -0.1) is 0 Å². The fourth-order valence-corrected chi connectivity index (χ4v) is 1.54. The Morgan fingerprint density at radius 3 is 2.61 bits per heavy atom. The average Bonchev–Trinajstić information content (AvgIpc) is 2.42. The second-order valence-corrected chi connectivity index (χ2v) is 3.94. The molecule has 0 aromatic heterocycles. The summed E-state index contributed by atoms with van der Waals surface area (Å²) in [5, 5.41) is 11.9. The Labute approximate surface area is 109 Å². The molecule has 1 unspecified atom stereocenters. The van der Waals surface area contributed by atoms with Crippen molar-refractivity contribution in [3.63, 3.8) is 0 Å². The van der Waals surface area contributed by atoms with Gasteiger partial charge in [0.2, 0.25) is 0 Å². The predicted octanol–water partition coefficient (Wildman–Crippen LogP) is 1.76. The monoisotopic (exact) mass is 248 g/mol. The highest BCUT2D eigenvalue weighted by Crippen LogP contribution is 2.12. The summed E-state index contributed by atoms with van der Waals surface area (Å²) >= 11 is 0. The van der Waals surface area contributed by atoms with Gasteiger partial charge in [0.15, 0.2) is 0 Å². The van der Waals surface area contributed by atoms with Gasteiger partial charge < -0.3 is 9.47 Å². The average molecular weight is 248 g/mol. The SMILES string of the molecule is CCNC(C#N)COc1ccc(CCOC)cc1. The van der Waals surface area contributed by atoms with Gasteiger partial charge in [-0.3, -0.25) is 5.32 Å². The lowest BCUT2D eigenvalue weighted by Gasteiger charge is -2.11. The van der Waals surface area contributed by atoms with Gasteiger partial charge in [0.05, 0.1) is 12.7 Å². The van der Waals surface area contributed by atoms with Crippen LogP contribution in [-0.4, -0.2) is 32.9 Å². The molecule has 0 radical (unpaired) electrons. The number of nitriles is 1. The maximum Gasteiger partial charge on any atom is 0.130 e. The number of likely N-dealkylation sites (N-methyl/N-ethyl adjacent to an activating group) is 1. The number of rotatable bonds is 8. The highest BCUT2D eigenvalue weighted by Gasteiger charge is 2.05. The molecule has 0 spiro atoms. The van der Waals surface area contributed by atoms with E-state index in [1.807, 2.05) is 31.2 Å². The Morgan fingerprint density at radius 1 is 1.33 bits per heavy atom. The molecular weight excluding hydrogens is 228 g/mol. The molecule has 0 saturated heterocycles. The van der Waals surface area contributed by atoms with Crippen LogP contribution in [0, 0.1) is 11.3 Å². The molecule has 98 valence electrons. The van der Waals surface area contributed by atoms with Crippen molar-refractivity contribution in [2.24, 2.45) is 0 Å². The van der Waals surface area contributed by atoms with E-state index in [9.17, 15) is 0 Å². The van der Waals surface area contributed by atoms with E-state index in [2.05, 4.69) is 11.4 Å². The molecule has 0 saturated carbocycles. The molecule has 0 aliphatic heterocycles. The van der Waals surface area contributed by atoms with Gasteiger partial charge in [-0.05, 0) is 30.7 Å². The number of hydrogen-bond acceptors (Lipinski definition) is 4. The van der Waals surface area contributed by atoms with Crippen LogP contribution in [0.3, 0.4) is 0 Å². The van der Waals surface area contributed by atoms with E-state index in [0.717, 1.165) is 25.3 Å². The number of ether oxygens (including phenoxy) is 2. The molecule has 0 bridgehead atoms. The summed E-state index contributed by atoms with van der Waals surface area (Å²) in [6, 6.07) is 9.78. The molecule has 0 amide bonds. The number of benzene rings is 1. The first kappa shape index (κ1) is 14.5. The smallest absolute Gasteiger partial charge is 0.130 e. The summed E-state index contributed by atoms with van der Waals surface area (Å²) in [7, 11) is 1.69. The van der Waals surface area contributed by atoms with Crippen molar-refractivity contribution in [1.29, 1.82) is 5.26 Å². The first-order valence-electron chi connectivity index (χ1n) is 6.13. The molecule has 0 fully saturated rings. The van der Waals surface area contributed by atoms with E-state index in [0.29, 0.717) is 6.61 Å². The van der Waals surface area contributed by atoms with Gasteiger partial charge in [-0.25, -0.2) is 0 Å². The third-order valence-corrected chi connectivity index (χ3v) is 2.54. The van der Waals surface area contributed by atoms with Crippen molar-refractivity contribution in [3.8, 4) is 11.8 Å². The Morgan fingerprint density at radius 2 is 2.06 bits per heavy atom. The minimum atomic E-state index is -0.261. The summed E-state index contributed by atoms with van der Waals surface area (Å²) < 4.78 is 10.6. The molecule has 0 aliphatic carbocycles. The molecule has 1 atom stereocenters. The van der Waals surface area contributed by atoms with Crippen molar-refractivity contribution in [1.82, 2.24) is 5.32 Å². The van der Waals surface area contributed by atoms with E-state index in [1.165, 1.54) is 5.56 Å². The van der Waals surface area contributed by atoms with Gasteiger partial charge in [-0.1, -0.05) is 19.1 Å². The van der Waals surface area contributed by atoms with Crippen molar-refractivity contribution in [2.45, 2.75) is 19.4 Å². The standard InChI is InChI=1S/C14H20N2O2/c1-3-16-13(10-15)11-18-14-6-4-12(5-7-14)8-9-17-2/h4-7,13,16H,3,8-9,11H2,1-2H3. The zero-order valence-corrected chi connectivity index (χ0v) is 11.0. The van der Waals surface area contributed by atoms with Gasteiger partial charge in [0, 0.05) is 7.11 Å². The lowest BCUT2D eigenvalue weighted by molar-refractivity contribution is 0.202. The first-order valence-corrected chi connectivity index (χ1v) is 6.13. The largest absolute Gasteiger partial charge is 0.491 e. The molecule has 0 heterocycles. The number of hydrogen-bond donors (Lipinski definition) is 1. The molecular formula is C14H20N2O2. The predicted molar refractivity (Wildman–Crippen MR) is 70.6 cm³/mol. The summed E-state index contributed by atoms with van der Waals surface area (Å²) in [5.41, 5.74) is 1.22. The van der Waals surface area contributed by atoms with Crippen LogP contribution in [0.25, 0.3) is 0 Å². The molecule has 4 heteroatoms. The zero-order valence-electron chi connectivity index (χ0n) is 11.0. The molecule has 1 aromatic carbocycles. The van der Waals surface area contributed by atoms with Crippen molar-refractivity contribution in [3.05, 3.63) is 29.8 Å². The Bertz CT molecular complexity index is 370. The normalized spacial score (nSPS) is 11.8. The third kappa shape index (κ3) is 5.17. The Balaban J connectivity index is 2.41. The lowest BCUT2D eigenvalue weighted by Crippen LogP contribution is -2.32. The topological polar surface area (TPSA) is 54.3 Å². The molecule has 1 aromatic rings. The fraction of sp³-hybridized carbons (Fsp3) is 0.500. The van der Waals surface area contributed by atoms with Crippen LogP contribution in [-0.2, 0) is 11.2 Å². The van der Waals surface area contributed by atoms with Gasteiger partial charge >= 0.3 is 0 Å². The summed E-state index contributed by atoms with van der Waals surface area (Å²) in [6.45, 7) is 3.81. The van der Waals surface area contributed by atoms with E-state index < -0.39 is 0 Å². The van der Waals surface area contributed by atoms with E-state index in [-0.39, 0.29) is 6.04 Å². The van der Waals surface area contributed by atoms with E-state index >= 15 is 0 Å². The van der Waals surface area contributed by atoms with Gasteiger partial charge in [-0.2, -0.15) is 5.26 Å². The minimum Gasteiger partial charge on any atom is -0.491 e. The molecule has 18 heavy (non-hydrogen) atoms. The molecule has 0 aliphatic rings. The molecule has 1 rings (SSSR count). The van der Waals surface area contributed by atoms with Crippen molar-refractivity contribution >= 4 is 0 Å². The fourth-order valence-electron chi connectivity index (χ4n) is 1.54. The summed E-state index contributed by atoms with van der Waals surface area (Å²) in [6.07, 6.45) is 0.898. The summed E-state index contributed by atoms with van der Waals surface area (Å²) in [5.74, 6) is 0.786. The first-order chi connectivity index (χ1) is 8.80. The van der Waals surface area contributed by atoms with Crippen LogP contribution in [0.5, 0.6) is 5.75 Å². The Kier molecular flexibility index (Phi) is 6.85. The molecule has 4 nitrogen and oxygen atoms in total. The van der Waals surface area contributed by atoms with E-state index in [4.69, 9.17) is 14.7 Å². The van der Waals surface area contributed by atoms with Crippen LogP contribution in [0.4, 0.5) is 0 Å². The number of nitrogens with zero attached hydrogens (tertiary/aromatic N) is 1. The lowest BCUT2D eigenvalue weighted by atomic mass is 10.1. The van der Waals surface area contributed by atoms with Crippen LogP contribution in [0.1, 0.15) is 12.5 Å². The zero-order chi connectivity index (χ0) is 13.2. The Hall–Kier alpha value is -1.57. The highest BCUT2D eigenvalue weighted by molar-refractivity contribution is 5.27. The van der Waals surface area contributed by atoms with Crippen LogP contribution in [0.15, 0.2) is 24.3 Å². The summed E-state index contributed by atoms with van der Waals surface area (Å²) in [4.78, 5) is 0. The minimum absolute atomic E-state index is 0.261. The second-order valence-electron chi connectivity index (χ2n) is 3.94. The van der Waals surface area contributed by atoms with Crippen LogP contribution in [0.2, 0.25) is 0 Å².